The van der Waals surface area contributed by atoms with Crippen LogP contribution in [0.4, 0.5) is 4.39 Å². The van der Waals surface area contributed by atoms with Gasteiger partial charge in [-0.2, -0.15) is 0 Å². The van der Waals surface area contributed by atoms with Crippen LogP contribution in [-0.4, -0.2) is 11.6 Å². The molecular weight excluding hydrogens is 205 g/mol. The molecule has 0 radical (unpaired) electrons. The first-order valence-corrected chi connectivity index (χ1v) is 6.02. The lowest BCUT2D eigenvalue weighted by molar-refractivity contribution is 0.203. The first kappa shape index (κ1) is 11.4. The molecule has 0 atom stereocenters. The maximum atomic E-state index is 12.3. The van der Waals surface area contributed by atoms with Crippen molar-refractivity contribution in [2.45, 2.75) is 38.8 Å². The van der Waals surface area contributed by atoms with Gasteiger partial charge in [-0.25, -0.2) is 9.37 Å². The molecule has 0 aliphatic heterocycles. The summed E-state index contributed by atoms with van der Waals surface area (Å²) in [6.07, 6.45) is 8.08. The molecule has 1 aliphatic rings. The van der Waals surface area contributed by atoms with E-state index in [-0.39, 0.29) is 0 Å². The first-order valence-electron chi connectivity index (χ1n) is 6.02. The van der Waals surface area contributed by atoms with Crippen molar-refractivity contribution in [1.29, 1.82) is 0 Å². The lowest BCUT2D eigenvalue weighted by Crippen LogP contribution is -2.15. The van der Waals surface area contributed by atoms with Gasteiger partial charge in [0, 0.05) is 17.8 Å². The SMILES string of the molecule is FCc1ccc(OCC2CCCCC2)nc1. The van der Waals surface area contributed by atoms with Gasteiger partial charge in [-0.15, -0.1) is 0 Å². The second kappa shape index (κ2) is 5.83. The van der Waals surface area contributed by atoms with E-state index in [1.165, 1.54) is 38.3 Å². The minimum absolute atomic E-state index is 0.462. The molecule has 0 aromatic carbocycles. The van der Waals surface area contributed by atoms with Gasteiger partial charge in [0.05, 0.1) is 6.61 Å². The third kappa shape index (κ3) is 3.19. The fourth-order valence-electron chi connectivity index (χ4n) is 2.13. The number of pyridine rings is 1. The molecule has 16 heavy (non-hydrogen) atoms. The Labute approximate surface area is 95.8 Å². The van der Waals surface area contributed by atoms with Crippen LogP contribution in [0, 0.1) is 5.92 Å². The lowest BCUT2D eigenvalue weighted by atomic mass is 9.90. The number of rotatable bonds is 4. The Hall–Kier alpha value is -1.12. The zero-order valence-electron chi connectivity index (χ0n) is 9.49. The van der Waals surface area contributed by atoms with Gasteiger partial charge in [0.2, 0.25) is 5.88 Å². The van der Waals surface area contributed by atoms with E-state index in [2.05, 4.69) is 4.98 Å². The normalized spacial score (nSPS) is 17.3. The Morgan fingerprint density at radius 2 is 2.06 bits per heavy atom. The van der Waals surface area contributed by atoms with E-state index in [1.54, 1.807) is 12.1 Å². The second-order valence-electron chi connectivity index (χ2n) is 4.45. The number of ether oxygens (including phenoxy) is 1. The zero-order valence-corrected chi connectivity index (χ0v) is 9.49. The van der Waals surface area contributed by atoms with Crippen molar-refractivity contribution >= 4 is 0 Å². The summed E-state index contributed by atoms with van der Waals surface area (Å²) >= 11 is 0. The summed E-state index contributed by atoms with van der Waals surface area (Å²) < 4.78 is 17.9. The summed E-state index contributed by atoms with van der Waals surface area (Å²) in [5, 5.41) is 0. The Bertz CT molecular complexity index is 306. The van der Waals surface area contributed by atoms with Crippen LogP contribution < -0.4 is 4.74 Å². The molecule has 0 bridgehead atoms. The maximum Gasteiger partial charge on any atom is 0.213 e. The summed E-state index contributed by atoms with van der Waals surface area (Å²) in [6.45, 7) is 0.290. The standard InChI is InChI=1S/C13H18FNO/c14-8-12-6-7-13(15-9-12)16-10-11-4-2-1-3-5-11/h6-7,9,11H,1-5,8,10H2. The van der Waals surface area contributed by atoms with Crippen LogP contribution in [0.1, 0.15) is 37.7 Å². The molecule has 0 saturated heterocycles. The average Bonchev–Trinajstić information content (AvgIpc) is 2.38. The summed E-state index contributed by atoms with van der Waals surface area (Å²) in [7, 11) is 0. The predicted molar refractivity (Wildman–Crippen MR) is 61.1 cm³/mol. The molecule has 2 nitrogen and oxygen atoms in total. The summed E-state index contributed by atoms with van der Waals surface area (Å²) in [6, 6.07) is 3.47. The van der Waals surface area contributed by atoms with Crippen molar-refractivity contribution in [2.75, 3.05) is 6.61 Å². The third-order valence-corrected chi connectivity index (χ3v) is 3.14. The molecule has 1 fully saturated rings. The van der Waals surface area contributed by atoms with Crippen molar-refractivity contribution in [3.8, 4) is 5.88 Å². The molecule has 0 N–H and O–H groups in total. The summed E-state index contributed by atoms with van der Waals surface area (Å²) in [5.74, 6) is 1.29. The van der Waals surface area contributed by atoms with Crippen LogP contribution in [0.3, 0.4) is 0 Å². The van der Waals surface area contributed by atoms with Gasteiger partial charge in [-0.05, 0) is 24.8 Å². The first-order chi connectivity index (χ1) is 7.88. The highest BCUT2D eigenvalue weighted by molar-refractivity contribution is 5.17. The number of hydrogen-bond acceptors (Lipinski definition) is 2. The fourth-order valence-corrected chi connectivity index (χ4v) is 2.13. The van der Waals surface area contributed by atoms with Gasteiger partial charge in [0.1, 0.15) is 6.67 Å². The van der Waals surface area contributed by atoms with Crippen LogP contribution in [0.2, 0.25) is 0 Å². The van der Waals surface area contributed by atoms with E-state index >= 15 is 0 Å². The van der Waals surface area contributed by atoms with Gasteiger partial charge in [-0.3, -0.25) is 0 Å². The topological polar surface area (TPSA) is 22.1 Å². The van der Waals surface area contributed by atoms with Crippen LogP contribution in [-0.2, 0) is 6.67 Å². The van der Waals surface area contributed by atoms with E-state index in [9.17, 15) is 4.39 Å². The van der Waals surface area contributed by atoms with E-state index in [4.69, 9.17) is 4.74 Å². The van der Waals surface area contributed by atoms with Gasteiger partial charge < -0.3 is 4.74 Å². The van der Waals surface area contributed by atoms with Crippen LogP contribution >= 0.6 is 0 Å². The molecule has 1 aromatic rings. The molecule has 3 heteroatoms. The molecule has 0 unspecified atom stereocenters. The van der Waals surface area contributed by atoms with E-state index in [0.29, 0.717) is 17.4 Å². The molecule has 0 amide bonds. The van der Waals surface area contributed by atoms with Gasteiger partial charge >= 0.3 is 0 Å². The third-order valence-electron chi connectivity index (χ3n) is 3.14. The highest BCUT2D eigenvalue weighted by atomic mass is 19.1. The minimum Gasteiger partial charge on any atom is -0.477 e. The van der Waals surface area contributed by atoms with Crippen LogP contribution in [0.5, 0.6) is 5.88 Å². The smallest absolute Gasteiger partial charge is 0.213 e. The molecule has 2 rings (SSSR count). The molecule has 88 valence electrons. The predicted octanol–water partition coefficient (Wildman–Crippen LogP) is 3.51. The summed E-state index contributed by atoms with van der Waals surface area (Å²) in [4.78, 5) is 4.07. The van der Waals surface area contributed by atoms with E-state index in [0.717, 1.165) is 6.61 Å². The minimum atomic E-state index is -0.462. The lowest BCUT2D eigenvalue weighted by Gasteiger charge is -2.21. The number of halogens is 1. The Morgan fingerprint density at radius 1 is 1.25 bits per heavy atom. The maximum absolute atomic E-state index is 12.3. The largest absolute Gasteiger partial charge is 0.477 e. The Morgan fingerprint density at radius 3 is 2.69 bits per heavy atom. The fraction of sp³-hybridized carbons (Fsp3) is 0.615. The van der Waals surface area contributed by atoms with Crippen molar-refractivity contribution in [1.82, 2.24) is 4.98 Å². The molecule has 1 aliphatic carbocycles. The molecule has 0 spiro atoms. The quantitative estimate of drug-likeness (QED) is 0.779. The zero-order chi connectivity index (χ0) is 11.2. The van der Waals surface area contributed by atoms with Crippen LogP contribution in [0.25, 0.3) is 0 Å². The summed E-state index contributed by atoms with van der Waals surface area (Å²) in [5.41, 5.74) is 0.602. The molecular formula is C13H18FNO. The van der Waals surface area contributed by atoms with Gasteiger partial charge in [0.15, 0.2) is 0 Å². The van der Waals surface area contributed by atoms with Crippen molar-refractivity contribution in [3.05, 3.63) is 23.9 Å². The molecule has 1 aromatic heterocycles. The van der Waals surface area contributed by atoms with Gasteiger partial charge in [-0.1, -0.05) is 19.3 Å². The number of nitrogens with zero attached hydrogens (tertiary/aromatic N) is 1. The van der Waals surface area contributed by atoms with Crippen molar-refractivity contribution in [2.24, 2.45) is 5.92 Å². The highest BCUT2D eigenvalue weighted by Crippen LogP contribution is 2.24. The van der Waals surface area contributed by atoms with E-state index < -0.39 is 6.67 Å². The Kier molecular flexibility index (Phi) is 4.14. The average molecular weight is 223 g/mol. The Balaban J connectivity index is 1.79. The number of aromatic nitrogens is 1. The number of alkyl halides is 1. The van der Waals surface area contributed by atoms with Crippen molar-refractivity contribution in [3.63, 3.8) is 0 Å². The van der Waals surface area contributed by atoms with Crippen molar-refractivity contribution < 1.29 is 9.13 Å². The van der Waals surface area contributed by atoms with Crippen LogP contribution in [0.15, 0.2) is 18.3 Å². The van der Waals surface area contributed by atoms with Gasteiger partial charge in [0.25, 0.3) is 0 Å². The number of hydrogen-bond donors (Lipinski definition) is 0. The second-order valence-corrected chi connectivity index (χ2v) is 4.45. The molecule has 1 saturated carbocycles. The molecule has 1 heterocycles. The van der Waals surface area contributed by atoms with E-state index in [1.807, 2.05) is 0 Å². The monoisotopic (exact) mass is 223 g/mol. The highest BCUT2D eigenvalue weighted by Gasteiger charge is 2.13.